The van der Waals surface area contributed by atoms with Gasteiger partial charge in [-0.2, -0.15) is 0 Å². The van der Waals surface area contributed by atoms with Gasteiger partial charge in [-0.3, -0.25) is 9.59 Å². The molecule has 0 unspecified atom stereocenters. The lowest BCUT2D eigenvalue weighted by molar-refractivity contribution is -0.125. The lowest BCUT2D eigenvalue weighted by Gasteiger charge is -2.07. The molecular weight excluding hydrogens is 275 g/mol. The number of aliphatic hydroxyl groups is 1. The van der Waals surface area contributed by atoms with Crippen LogP contribution >= 0.6 is 0 Å². The van der Waals surface area contributed by atoms with E-state index in [0.717, 1.165) is 0 Å². The molecule has 0 aliphatic heterocycles. The summed E-state index contributed by atoms with van der Waals surface area (Å²) < 4.78 is 13.6. The second kappa shape index (κ2) is 8.72. The molecule has 0 aliphatic carbocycles. The number of carbonyl (C=O) groups excluding carboxylic acids is 2. The van der Waals surface area contributed by atoms with E-state index in [-0.39, 0.29) is 25.6 Å². The van der Waals surface area contributed by atoms with Crippen molar-refractivity contribution < 1.29 is 19.1 Å². The van der Waals surface area contributed by atoms with E-state index in [9.17, 15) is 14.0 Å². The van der Waals surface area contributed by atoms with Gasteiger partial charge in [0.25, 0.3) is 0 Å². The topological polar surface area (TPSA) is 78.4 Å². The second-order valence-corrected chi connectivity index (χ2v) is 4.27. The summed E-state index contributed by atoms with van der Waals surface area (Å²) in [6.07, 6.45) is 0.347. The molecule has 0 bridgehead atoms. The van der Waals surface area contributed by atoms with E-state index in [1.807, 2.05) is 0 Å². The van der Waals surface area contributed by atoms with Gasteiger partial charge in [0.05, 0.1) is 13.2 Å². The van der Waals surface area contributed by atoms with Crippen LogP contribution in [0.15, 0.2) is 18.2 Å². The van der Waals surface area contributed by atoms with Crippen LogP contribution in [-0.2, 0) is 16.1 Å². The van der Waals surface area contributed by atoms with Gasteiger partial charge in [-0.15, -0.1) is 0 Å². The molecule has 1 aromatic carbocycles. The Bertz CT molecular complexity index is 576. The molecule has 0 heterocycles. The molecule has 6 heteroatoms. The lowest BCUT2D eigenvalue weighted by Crippen LogP contribution is -2.35. The predicted molar refractivity (Wildman–Crippen MR) is 75.5 cm³/mol. The fourth-order valence-electron chi connectivity index (χ4n) is 1.47. The van der Waals surface area contributed by atoms with Crippen LogP contribution in [0.3, 0.4) is 0 Å². The third-order valence-corrected chi connectivity index (χ3v) is 2.49. The fourth-order valence-corrected chi connectivity index (χ4v) is 1.47. The summed E-state index contributed by atoms with van der Waals surface area (Å²) in [6, 6.07) is 4.35. The van der Waals surface area contributed by atoms with E-state index in [0.29, 0.717) is 17.5 Å². The van der Waals surface area contributed by atoms with Crippen LogP contribution in [0.1, 0.15) is 24.5 Å². The van der Waals surface area contributed by atoms with Crippen LogP contribution in [0.2, 0.25) is 0 Å². The van der Waals surface area contributed by atoms with Gasteiger partial charge in [-0.1, -0.05) is 11.8 Å². The number of halogens is 1. The Labute approximate surface area is 122 Å². The van der Waals surface area contributed by atoms with Crippen LogP contribution in [0.25, 0.3) is 0 Å². The number of hydrogen-bond donors (Lipinski definition) is 3. The average Bonchev–Trinajstić information content (AvgIpc) is 2.45. The van der Waals surface area contributed by atoms with Crippen LogP contribution in [-0.4, -0.2) is 30.1 Å². The maximum atomic E-state index is 13.6. The maximum Gasteiger partial charge on any atom is 0.239 e. The summed E-state index contributed by atoms with van der Waals surface area (Å²) in [5, 5.41) is 13.5. The van der Waals surface area contributed by atoms with E-state index in [2.05, 4.69) is 22.5 Å². The van der Waals surface area contributed by atoms with Crippen molar-refractivity contribution in [3.8, 4) is 11.8 Å². The molecule has 0 saturated carbocycles. The van der Waals surface area contributed by atoms with Gasteiger partial charge in [0.15, 0.2) is 0 Å². The molecule has 1 aromatic rings. The average molecular weight is 292 g/mol. The Hall–Kier alpha value is -2.39. The Morgan fingerprint density at radius 1 is 1.33 bits per heavy atom. The van der Waals surface area contributed by atoms with Gasteiger partial charge in [0.1, 0.15) is 5.82 Å². The Morgan fingerprint density at radius 3 is 2.76 bits per heavy atom. The number of nitrogens with one attached hydrogen (secondary N) is 2. The van der Waals surface area contributed by atoms with Crippen molar-refractivity contribution in [2.24, 2.45) is 0 Å². The van der Waals surface area contributed by atoms with Crippen LogP contribution in [0.4, 0.5) is 4.39 Å². The first-order chi connectivity index (χ1) is 10.0. The van der Waals surface area contributed by atoms with Crippen LogP contribution in [0, 0.1) is 17.7 Å². The van der Waals surface area contributed by atoms with Gasteiger partial charge in [0, 0.05) is 31.0 Å². The predicted octanol–water partition coefficient (Wildman–Crippen LogP) is 0.312. The fraction of sp³-hybridized carbons (Fsp3) is 0.333. The summed E-state index contributed by atoms with van der Waals surface area (Å²) in [4.78, 5) is 22.1. The minimum absolute atomic E-state index is 0.0137. The molecule has 1 rings (SSSR count). The van der Waals surface area contributed by atoms with Crippen LogP contribution < -0.4 is 10.6 Å². The minimum Gasteiger partial charge on any atom is -0.395 e. The summed E-state index contributed by atoms with van der Waals surface area (Å²) in [5.41, 5.74) is 0.915. The van der Waals surface area contributed by atoms with Gasteiger partial charge >= 0.3 is 0 Å². The lowest BCUT2D eigenvalue weighted by atomic mass is 10.1. The van der Waals surface area contributed by atoms with E-state index in [1.165, 1.54) is 19.1 Å². The molecule has 21 heavy (non-hydrogen) atoms. The first-order valence-corrected chi connectivity index (χ1v) is 6.42. The molecule has 0 aliphatic rings. The first kappa shape index (κ1) is 16.7. The normalized spacial score (nSPS) is 9.48. The number of aliphatic hydroxyl groups excluding tert-OH is 1. The van der Waals surface area contributed by atoms with Crippen molar-refractivity contribution in [3.63, 3.8) is 0 Å². The smallest absolute Gasteiger partial charge is 0.239 e. The third-order valence-electron chi connectivity index (χ3n) is 2.49. The highest BCUT2D eigenvalue weighted by Crippen LogP contribution is 2.09. The van der Waals surface area contributed by atoms with E-state index in [4.69, 9.17) is 5.11 Å². The Kier molecular flexibility index (Phi) is 6.92. The monoisotopic (exact) mass is 292 g/mol. The summed E-state index contributed by atoms with van der Waals surface area (Å²) in [5.74, 6) is 4.38. The molecule has 0 saturated heterocycles. The molecule has 112 valence electrons. The molecule has 0 aromatic heterocycles. The van der Waals surface area contributed by atoms with E-state index < -0.39 is 11.7 Å². The zero-order chi connectivity index (χ0) is 15.7. The molecule has 3 N–H and O–H groups in total. The highest BCUT2D eigenvalue weighted by atomic mass is 19.1. The minimum atomic E-state index is -0.442. The van der Waals surface area contributed by atoms with Gasteiger partial charge in [-0.05, 0) is 18.2 Å². The summed E-state index contributed by atoms with van der Waals surface area (Å²) in [6.45, 7) is 1.15. The summed E-state index contributed by atoms with van der Waals surface area (Å²) in [7, 11) is 0. The van der Waals surface area contributed by atoms with Crippen molar-refractivity contribution in [1.29, 1.82) is 0 Å². The van der Waals surface area contributed by atoms with E-state index in [1.54, 1.807) is 6.07 Å². The standard InChI is InChI=1S/C15H17FN2O3/c1-11(20)17-10-15(21)18-9-13-8-12(4-2-3-7-19)5-6-14(13)16/h5-6,8,19H,3,7,9-10H2,1H3,(H,17,20)(H,18,21). The first-order valence-electron chi connectivity index (χ1n) is 6.42. The number of amides is 2. The van der Waals surface area contributed by atoms with Crippen LogP contribution in [0.5, 0.6) is 0 Å². The molecule has 0 spiro atoms. The second-order valence-electron chi connectivity index (χ2n) is 4.27. The molecule has 5 nitrogen and oxygen atoms in total. The van der Waals surface area contributed by atoms with E-state index >= 15 is 0 Å². The van der Waals surface area contributed by atoms with Crippen molar-refractivity contribution in [1.82, 2.24) is 10.6 Å². The quantitative estimate of drug-likeness (QED) is 0.684. The van der Waals surface area contributed by atoms with Crippen molar-refractivity contribution in [3.05, 3.63) is 35.1 Å². The highest BCUT2D eigenvalue weighted by Gasteiger charge is 2.06. The largest absolute Gasteiger partial charge is 0.395 e. The molecule has 0 fully saturated rings. The zero-order valence-corrected chi connectivity index (χ0v) is 11.7. The number of carbonyl (C=O) groups is 2. The Balaban J connectivity index is 2.62. The van der Waals surface area contributed by atoms with Crippen molar-refractivity contribution in [2.75, 3.05) is 13.2 Å². The Morgan fingerprint density at radius 2 is 2.10 bits per heavy atom. The number of benzene rings is 1. The SMILES string of the molecule is CC(=O)NCC(=O)NCc1cc(C#CCCO)ccc1F. The zero-order valence-electron chi connectivity index (χ0n) is 11.7. The van der Waals surface area contributed by atoms with Crippen molar-refractivity contribution >= 4 is 11.8 Å². The third kappa shape index (κ3) is 6.54. The molecular formula is C15H17FN2O3. The molecule has 0 radical (unpaired) electrons. The van der Waals surface area contributed by atoms with Crippen molar-refractivity contribution in [2.45, 2.75) is 19.9 Å². The molecule has 2 amide bonds. The number of hydrogen-bond acceptors (Lipinski definition) is 3. The molecule has 0 atom stereocenters. The maximum absolute atomic E-state index is 13.6. The highest BCUT2D eigenvalue weighted by molar-refractivity contribution is 5.83. The van der Waals surface area contributed by atoms with Gasteiger partial charge in [-0.25, -0.2) is 4.39 Å². The van der Waals surface area contributed by atoms with Gasteiger partial charge in [0.2, 0.25) is 11.8 Å². The van der Waals surface area contributed by atoms with Gasteiger partial charge < -0.3 is 15.7 Å². The summed E-state index contributed by atoms with van der Waals surface area (Å²) >= 11 is 0. The number of rotatable bonds is 5.